The average molecular weight is 314 g/mol. The van der Waals surface area contributed by atoms with E-state index in [-0.39, 0.29) is 17.7 Å². The van der Waals surface area contributed by atoms with Crippen molar-refractivity contribution in [2.24, 2.45) is 0 Å². The monoisotopic (exact) mass is 314 g/mol. The Morgan fingerprint density at radius 3 is 2.30 bits per heavy atom. The molecule has 0 radical (unpaired) electrons. The smallest absolute Gasteiger partial charge is 0.232 e. The summed E-state index contributed by atoms with van der Waals surface area (Å²) in [7, 11) is 0. The van der Waals surface area contributed by atoms with E-state index in [2.05, 4.69) is 24.1 Å². The molecule has 0 saturated carbocycles. The van der Waals surface area contributed by atoms with Crippen molar-refractivity contribution in [3.63, 3.8) is 0 Å². The Morgan fingerprint density at radius 2 is 1.83 bits per heavy atom. The highest BCUT2D eigenvalue weighted by atomic mass is 16.4. The van der Waals surface area contributed by atoms with Crippen LogP contribution in [-0.2, 0) is 16.6 Å². The third-order valence-corrected chi connectivity index (χ3v) is 3.72. The van der Waals surface area contributed by atoms with Crippen LogP contribution in [0.15, 0.2) is 28.7 Å². The van der Waals surface area contributed by atoms with Gasteiger partial charge < -0.3 is 9.73 Å². The quantitative estimate of drug-likeness (QED) is 0.898. The first-order valence-corrected chi connectivity index (χ1v) is 8.03. The van der Waals surface area contributed by atoms with E-state index in [0.717, 1.165) is 11.4 Å². The largest absolute Gasteiger partial charge is 0.444 e. The molecule has 23 heavy (non-hydrogen) atoms. The van der Waals surface area contributed by atoms with Crippen molar-refractivity contribution in [2.45, 2.75) is 59.3 Å². The van der Waals surface area contributed by atoms with Crippen LogP contribution in [-0.4, -0.2) is 10.9 Å². The first-order valence-electron chi connectivity index (χ1n) is 8.03. The Hall–Kier alpha value is -2.10. The van der Waals surface area contributed by atoms with Gasteiger partial charge in [-0.3, -0.25) is 4.79 Å². The molecule has 0 atom stereocenters. The van der Waals surface area contributed by atoms with Crippen LogP contribution in [0.5, 0.6) is 0 Å². The standard InChI is InChI=1S/C19H26N2O2/c1-12(2)14-7-9-15(10-8-14)21-17(22)11-16-13(3)20-18(23-16)19(4,5)6/h7-10,12H,11H2,1-6H3,(H,21,22). The van der Waals surface area contributed by atoms with E-state index in [1.165, 1.54) is 5.56 Å². The minimum Gasteiger partial charge on any atom is -0.444 e. The highest BCUT2D eigenvalue weighted by Gasteiger charge is 2.23. The van der Waals surface area contributed by atoms with Gasteiger partial charge in [0.1, 0.15) is 5.76 Å². The fourth-order valence-electron chi connectivity index (χ4n) is 2.22. The molecule has 0 aliphatic heterocycles. The lowest BCUT2D eigenvalue weighted by Crippen LogP contribution is -2.14. The van der Waals surface area contributed by atoms with Crippen molar-refractivity contribution >= 4 is 11.6 Å². The van der Waals surface area contributed by atoms with Gasteiger partial charge in [0.2, 0.25) is 5.91 Å². The molecule has 0 bridgehead atoms. The first kappa shape index (κ1) is 17.3. The summed E-state index contributed by atoms with van der Waals surface area (Å²) < 4.78 is 5.77. The van der Waals surface area contributed by atoms with Crippen LogP contribution in [0.25, 0.3) is 0 Å². The van der Waals surface area contributed by atoms with Gasteiger partial charge in [0.05, 0.1) is 12.1 Å². The average Bonchev–Trinajstić information content (AvgIpc) is 2.80. The summed E-state index contributed by atoms with van der Waals surface area (Å²) in [6.07, 6.45) is 0.195. The Bertz CT molecular complexity index is 676. The molecule has 1 aromatic carbocycles. The number of amides is 1. The van der Waals surface area contributed by atoms with Gasteiger partial charge in [-0.1, -0.05) is 46.8 Å². The van der Waals surface area contributed by atoms with Crippen LogP contribution in [0.2, 0.25) is 0 Å². The summed E-state index contributed by atoms with van der Waals surface area (Å²) in [5.41, 5.74) is 2.67. The van der Waals surface area contributed by atoms with E-state index in [4.69, 9.17) is 4.42 Å². The Morgan fingerprint density at radius 1 is 1.22 bits per heavy atom. The van der Waals surface area contributed by atoms with Gasteiger partial charge in [-0.05, 0) is 30.5 Å². The summed E-state index contributed by atoms with van der Waals surface area (Å²) >= 11 is 0. The van der Waals surface area contributed by atoms with Crippen LogP contribution in [0.3, 0.4) is 0 Å². The maximum Gasteiger partial charge on any atom is 0.232 e. The molecule has 0 saturated heterocycles. The van der Waals surface area contributed by atoms with Gasteiger partial charge in [0, 0.05) is 11.1 Å². The third-order valence-electron chi connectivity index (χ3n) is 3.72. The zero-order chi connectivity index (χ0) is 17.2. The molecule has 124 valence electrons. The van der Waals surface area contributed by atoms with Crippen LogP contribution >= 0.6 is 0 Å². The molecule has 2 rings (SSSR count). The number of carbonyl (C=O) groups is 1. The lowest BCUT2D eigenvalue weighted by atomic mass is 9.97. The van der Waals surface area contributed by atoms with Gasteiger partial charge in [-0.25, -0.2) is 4.98 Å². The lowest BCUT2D eigenvalue weighted by Gasteiger charge is -2.12. The molecule has 1 heterocycles. The summed E-state index contributed by atoms with van der Waals surface area (Å²) in [5.74, 6) is 1.68. The SMILES string of the molecule is Cc1nc(C(C)(C)C)oc1CC(=O)Nc1ccc(C(C)C)cc1. The number of nitrogens with one attached hydrogen (secondary N) is 1. The second kappa shape index (κ2) is 6.57. The predicted molar refractivity (Wildman–Crippen MR) is 92.8 cm³/mol. The maximum absolute atomic E-state index is 12.2. The number of anilines is 1. The van der Waals surface area contributed by atoms with Crippen molar-refractivity contribution in [1.29, 1.82) is 0 Å². The zero-order valence-electron chi connectivity index (χ0n) is 14.9. The van der Waals surface area contributed by atoms with E-state index >= 15 is 0 Å². The summed E-state index contributed by atoms with van der Waals surface area (Å²) in [4.78, 5) is 16.6. The van der Waals surface area contributed by atoms with Crippen molar-refractivity contribution in [3.05, 3.63) is 47.2 Å². The number of benzene rings is 1. The number of aromatic nitrogens is 1. The predicted octanol–water partition coefficient (Wildman–Crippen LogP) is 4.59. The van der Waals surface area contributed by atoms with Crippen molar-refractivity contribution in [2.75, 3.05) is 5.32 Å². The van der Waals surface area contributed by atoms with Gasteiger partial charge in [-0.15, -0.1) is 0 Å². The number of hydrogen-bond donors (Lipinski definition) is 1. The minimum atomic E-state index is -0.161. The van der Waals surface area contributed by atoms with Crippen molar-refractivity contribution < 1.29 is 9.21 Å². The molecule has 2 aromatic rings. The minimum absolute atomic E-state index is 0.0954. The second-order valence-electron chi connectivity index (χ2n) is 7.28. The molecular weight excluding hydrogens is 288 g/mol. The molecular formula is C19H26N2O2. The van der Waals surface area contributed by atoms with Crippen molar-refractivity contribution in [3.8, 4) is 0 Å². The summed E-state index contributed by atoms with van der Waals surface area (Å²) in [6, 6.07) is 7.94. The molecule has 4 nitrogen and oxygen atoms in total. The summed E-state index contributed by atoms with van der Waals surface area (Å²) in [6.45, 7) is 12.3. The maximum atomic E-state index is 12.2. The molecule has 0 aliphatic carbocycles. The lowest BCUT2D eigenvalue weighted by molar-refractivity contribution is -0.115. The zero-order valence-corrected chi connectivity index (χ0v) is 14.9. The Balaban J connectivity index is 2.04. The fourth-order valence-corrected chi connectivity index (χ4v) is 2.22. The Labute approximate surface area is 138 Å². The van der Waals surface area contributed by atoms with E-state index in [9.17, 15) is 4.79 Å². The van der Waals surface area contributed by atoms with Gasteiger partial charge in [0.15, 0.2) is 5.89 Å². The Kier molecular flexibility index (Phi) is 4.93. The van der Waals surface area contributed by atoms with Gasteiger partial charge in [0.25, 0.3) is 0 Å². The van der Waals surface area contributed by atoms with E-state index in [1.54, 1.807) is 0 Å². The molecule has 1 aromatic heterocycles. The molecule has 0 spiro atoms. The van der Waals surface area contributed by atoms with E-state index in [0.29, 0.717) is 17.6 Å². The molecule has 0 aliphatic rings. The van der Waals surface area contributed by atoms with Crippen molar-refractivity contribution in [1.82, 2.24) is 4.98 Å². The number of carbonyl (C=O) groups excluding carboxylic acids is 1. The molecule has 1 N–H and O–H groups in total. The molecule has 4 heteroatoms. The molecule has 0 fully saturated rings. The van der Waals surface area contributed by atoms with Gasteiger partial charge in [-0.2, -0.15) is 0 Å². The highest BCUT2D eigenvalue weighted by molar-refractivity contribution is 5.92. The number of nitrogens with zero attached hydrogens (tertiary/aromatic N) is 1. The molecule has 0 unspecified atom stereocenters. The highest BCUT2D eigenvalue weighted by Crippen LogP contribution is 2.24. The normalized spacial score (nSPS) is 11.8. The number of hydrogen-bond acceptors (Lipinski definition) is 3. The van der Waals surface area contributed by atoms with Crippen LogP contribution in [0.4, 0.5) is 5.69 Å². The van der Waals surface area contributed by atoms with Gasteiger partial charge >= 0.3 is 0 Å². The van der Waals surface area contributed by atoms with Crippen LogP contribution < -0.4 is 5.32 Å². The number of aryl methyl sites for hydroxylation is 1. The molecule has 1 amide bonds. The fraction of sp³-hybridized carbons (Fsp3) is 0.474. The van der Waals surface area contributed by atoms with E-state index < -0.39 is 0 Å². The summed E-state index contributed by atoms with van der Waals surface area (Å²) in [5, 5.41) is 2.91. The van der Waals surface area contributed by atoms with Crippen LogP contribution in [0, 0.1) is 6.92 Å². The third kappa shape index (κ3) is 4.44. The number of rotatable bonds is 4. The second-order valence-corrected chi connectivity index (χ2v) is 7.28. The van der Waals surface area contributed by atoms with E-state index in [1.807, 2.05) is 52.0 Å². The van der Waals surface area contributed by atoms with Crippen LogP contribution in [0.1, 0.15) is 63.4 Å². The number of oxazole rings is 1. The topological polar surface area (TPSA) is 55.1 Å². The first-order chi connectivity index (χ1) is 10.7.